The summed E-state index contributed by atoms with van der Waals surface area (Å²) in [6.07, 6.45) is -7.26. The van der Waals surface area contributed by atoms with Crippen molar-refractivity contribution in [1.82, 2.24) is 0 Å². The molecule has 0 heterocycles. The molecule has 2 aromatic carbocycles. The van der Waals surface area contributed by atoms with Gasteiger partial charge in [0.25, 0.3) is 0 Å². The fourth-order valence-electron chi connectivity index (χ4n) is 2.10. The maximum absolute atomic E-state index is 13.2. The lowest BCUT2D eigenvalue weighted by Gasteiger charge is -2.13. The average molecular weight is 409 g/mol. The van der Waals surface area contributed by atoms with Gasteiger partial charge in [0.1, 0.15) is 5.82 Å². The van der Waals surface area contributed by atoms with E-state index in [1.165, 1.54) is 36.4 Å². The molecular weight excluding hydrogens is 394 g/mol. The van der Waals surface area contributed by atoms with Gasteiger partial charge in [0.15, 0.2) is 6.10 Å². The summed E-state index contributed by atoms with van der Waals surface area (Å²) in [4.78, 5) is 22.8. The predicted molar refractivity (Wildman–Crippen MR) is 95.3 cm³/mol. The molecule has 5 nitrogen and oxygen atoms in total. The molecule has 152 valence electrons. The van der Waals surface area contributed by atoms with Crippen LogP contribution in [0.2, 0.25) is 0 Å². The first-order chi connectivity index (χ1) is 13.7. The van der Waals surface area contributed by atoms with Gasteiger partial charge in [0, 0.05) is 11.1 Å². The van der Waals surface area contributed by atoms with Crippen LogP contribution in [0.4, 0.5) is 28.0 Å². The molecule has 2 aromatic rings. The van der Waals surface area contributed by atoms with E-state index in [-0.39, 0.29) is 17.9 Å². The van der Waals surface area contributed by atoms with Gasteiger partial charge in [-0.05, 0) is 37.1 Å². The fraction of sp³-hybridized carbons (Fsp3) is 0.200. The number of benzene rings is 2. The van der Waals surface area contributed by atoms with E-state index in [1.54, 1.807) is 12.2 Å². The maximum Gasteiger partial charge on any atom is 0.509 e. The van der Waals surface area contributed by atoms with Crippen LogP contribution in [0.25, 0.3) is 0 Å². The highest BCUT2D eigenvalue weighted by molar-refractivity contribution is 5.96. The fourth-order valence-corrected chi connectivity index (χ4v) is 2.10. The second-order valence-electron chi connectivity index (χ2n) is 5.50. The summed E-state index contributed by atoms with van der Waals surface area (Å²) < 4.78 is 60.4. The number of amides is 1. The number of rotatable bonds is 4. The highest BCUT2D eigenvalue weighted by Crippen LogP contribution is 2.22. The van der Waals surface area contributed by atoms with Crippen LogP contribution in [-0.2, 0) is 14.3 Å². The minimum absolute atomic E-state index is 0.0503. The van der Waals surface area contributed by atoms with Crippen LogP contribution in [0.5, 0.6) is 0 Å². The smallest absolute Gasteiger partial charge is 0.435 e. The SMILES string of the molecule is CCOC(=O)OC(C#Cc1ccccc1NC(=O)C(F)(F)F)c1ccc(F)cc1. The normalized spacial score (nSPS) is 11.6. The molecule has 0 radical (unpaired) electrons. The molecule has 0 fully saturated rings. The summed E-state index contributed by atoms with van der Waals surface area (Å²) in [5.41, 5.74) is 0.213. The van der Waals surface area contributed by atoms with Gasteiger partial charge in [-0.25, -0.2) is 9.18 Å². The molecule has 0 bridgehead atoms. The van der Waals surface area contributed by atoms with Crippen molar-refractivity contribution < 1.29 is 36.6 Å². The highest BCUT2D eigenvalue weighted by Gasteiger charge is 2.38. The maximum atomic E-state index is 13.2. The first-order valence-corrected chi connectivity index (χ1v) is 8.28. The second-order valence-corrected chi connectivity index (χ2v) is 5.50. The van der Waals surface area contributed by atoms with Crippen molar-refractivity contribution in [2.45, 2.75) is 19.2 Å². The Morgan fingerprint density at radius 3 is 2.38 bits per heavy atom. The molecule has 1 atom stereocenters. The topological polar surface area (TPSA) is 64.6 Å². The zero-order chi connectivity index (χ0) is 21.4. The molecule has 0 aliphatic carbocycles. The number of hydrogen-bond acceptors (Lipinski definition) is 4. The molecule has 2 rings (SSSR count). The van der Waals surface area contributed by atoms with Crippen LogP contribution >= 0.6 is 0 Å². The van der Waals surface area contributed by atoms with E-state index in [0.29, 0.717) is 5.56 Å². The number of carbonyl (C=O) groups excluding carboxylic acids is 2. The van der Waals surface area contributed by atoms with Gasteiger partial charge in [-0.1, -0.05) is 30.2 Å². The third-order valence-electron chi connectivity index (χ3n) is 3.42. The molecular formula is C20H15F4NO4. The Kier molecular flexibility index (Phi) is 7.20. The number of carbonyl (C=O) groups is 2. The Morgan fingerprint density at radius 2 is 1.76 bits per heavy atom. The number of nitrogens with one attached hydrogen (secondary N) is 1. The Hall–Kier alpha value is -3.54. The van der Waals surface area contributed by atoms with Crippen molar-refractivity contribution in [3.8, 4) is 11.8 Å². The summed E-state index contributed by atoms with van der Waals surface area (Å²) >= 11 is 0. The molecule has 1 amide bonds. The Bertz CT molecular complexity index is 930. The van der Waals surface area contributed by atoms with E-state index in [1.807, 2.05) is 0 Å². The lowest BCUT2D eigenvalue weighted by Crippen LogP contribution is -2.30. The van der Waals surface area contributed by atoms with Crippen molar-refractivity contribution in [3.05, 3.63) is 65.5 Å². The molecule has 0 saturated heterocycles. The summed E-state index contributed by atoms with van der Waals surface area (Å²) in [5, 5.41) is 1.73. The monoisotopic (exact) mass is 409 g/mol. The average Bonchev–Trinajstić information content (AvgIpc) is 2.66. The van der Waals surface area contributed by atoms with Gasteiger partial charge in [0.05, 0.1) is 12.3 Å². The second kappa shape index (κ2) is 9.59. The van der Waals surface area contributed by atoms with Crippen molar-refractivity contribution >= 4 is 17.7 Å². The highest BCUT2D eigenvalue weighted by atomic mass is 19.4. The molecule has 0 saturated carbocycles. The third-order valence-corrected chi connectivity index (χ3v) is 3.42. The zero-order valence-corrected chi connectivity index (χ0v) is 15.0. The van der Waals surface area contributed by atoms with Crippen LogP contribution in [0.1, 0.15) is 24.2 Å². The number of halogens is 4. The number of hydrogen-bond donors (Lipinski definition) is 1. The van der Waals surface area contributed by atoms with Crippen molar-refractivity contribution in [1.29, 1.82) is 0 Å². The number of anilines is 1. The molecule has 29 heavy (non-hydrogen) atoms. The quantitative estimate of drug-likeness (QED) is 0.456. The minimum atomic E-state index is -5.07. The van der Waals surface area contributed by atoms with Gasteiger partial charge in [-0.3, -0.25) is 4.79 Å². The van der Waals surface area contributed by atoms with Crippen LogP contribution < -0.4 is 5.32 Å². The summed E-state index contributed by atoms with van der Waals surface area (Å²) in [7, 11) is 0. The number of alkyl halides is 3. The van der Waals surface area contributed by atoms with Crippen molar-refractivity contribution in [2.24, 2.45) is 0 Å². The lowest BCUT2D eigenvalue weighted by molar-refractivity contribution is -0.167. The molecule has 0 aliphatic heterocycles. The lowest BCUT2D eigenvalue weighted by atomic mass is 10.1. The van der Waals surface area contributed by atoms with Gasteiger partial charge < -0.3 is 14.8 Å². The van der Waals surface area contributed by atoms with Gasteiger partial charge in [-0.2, -0.15) is 13.2 Å². The molecule has 9 heteroatoms. The Balaban J connectivity index is 2.34. The molecule has 1 N–H and O–H groups in total. The van der Waals surface area contributed by atoms with Crippen LogP contribution in [-0.4, -0.2) is 24.8 Å². The largest absolute Gasteiger partial charge is 0.509 e. The standard InChI is InChI=1S/C20H15F4NO4/c1-2-28-19(27)29-17(14-7-10-15(21)11-8-14)12-9-13-5-3-4-6-16(13)25-18(26)20(22,23)24/h3-8,10-11,17H,2H2,1H3,(H,25,26). The van der Waals surface area contributed by atoms with E-state index < -0.39 is 30.2 Å². The first-order valence-electron chi connectivity index (χ1n) is 8.28. The number of ether oxygens (including phenoxy) is 2. The van der Waals surface area contributed by atoms with E-state index >= 15 is 0 Å². The van der Waals surface area contributed by atoms with Crippen LogP contribution in [0.3, 0.4) is 0 Å². The zero-order valence-electron chi connectivity index (χ0n) is 15.0. The molecule has 1 unspecified atom stereocenters. The van der Waals surface area contributed by atoms with E-state index in [4.69, 9.17) is 9.47 Å². The minimum Gasteiger partial charge on any atom is -0.435 e. The van der Waals surface area contributed by atoms with Gasteiger partial charge in [-0.15, -0.1) is 0 Å². The van der Waals surface area contributed by atoms with Crippen molar-refractivity contribution in [3.63, 3.8) is 0 Å². The molecule has 0 aliphatic rings. The van der Waals surface area contributed by atoms with Crippen LogP contribution in [0.15, 0.2) is 48.5 Å². The number of para-hydroxylation sites is 1. The first kappa shape index (κ1) is 21.8. The van der Waals surface area contributed by atoms with Crippen molar-refractivity contribution in [2.75, 3.05) is 11.9 Å². The van der Waals surface area contributed by atoms with Gasteiger partial charge in [0.2, 0.25) is 0 Å². The Morgan fingerprint density at radius 1 is 1.10 bits per heavy atom. The van der Waals surface area contributed by atoms with Gasteiger partial charge >= 0.3 is 18.2 Å². The summed E-state index contributed by atoms with van der Waals surface area (Å²) in [5.74, 6) is 2.49. The third kappa shape index (κ3) is 6.53. The molecule has 0 spiro atoms. The summed E-state index contributed by atoms with van der Waals surface area (Å²) in [6, 6.07) is 10.5. The predicted octanol–water partition coefficient (Wildman–Crippen LogP) is 4.59. The van der Waals surface area contributed by atoms with Crippen LogP contribution in [0, 0.1) is 17.7 Å². The molecule has 0 aromatic heterocycles. The van der Waals surface area contributed by atoms with E-state index in [9.17, 15) is 27.2 Å². The van der Waals surface area contributed by atoms with E-state index in [0.717, 1.165) is 12.1 Å². The Labute approximate surface area is 163 Å². The van der Waals surface area contributed by atoms with E-state index in [2.05, 4.69) is 11.8 Å². The summed E-state index contributed by atoms with van der Waals surface area (Å²) in [6.45, 7) is 1.62.